The van der Waals surface area contributed by atoms with Crippen molar-refractivity contribution >= 4 is 17.7 Å². The van der Waals surface area contributed by atoms with Gasteiger partial charge in [0.05, 0.1) is 23.6 Å². The van der Waals surface area contributed by atoms with E-state index in [0.29, 0.717) is 28.4 Å². The van der Waals surface area contributed by atoms with Crippen molar-refractivity contribution in [2.75, 3.05) is 13.1 Å². The summed E-state index contributed by atoms with van der Waals surface area (Å²) in [5, 5.41) is 10.4. The van der Waals surface area contributed by atoms with Gasteiger partial charge in [-0.05, 0) is 106 Å². The average molecular weight is 710 g/mol. The highest BCUT2D eigenvalue weighted by Gasteiger charge is 2.31. The van der Waals surface area contributed by atoms with Gasteiger partial charge in [0.2, 0.25) is 0 Å². The molecule has 3 aromatic carbocycles. The van der Waals surface area contributed by atoms with Crippen LogP contribution < -0.4 is 9.47 Å². The van der Waals surface area contributed by atoms with Crippen LogP contribution in [0.25, 0.3) is 22.3 Å². The second-order valence-corrected chi connectivity index (χ2v) is 13.6. The Bertz CT molecular complexity index is 1750. The SMILES string of the molecule is Cc1nc(CO)c(-c2ccc(-c3ccc(CN4CCC(c5ccc(OC(F)(F)F)cc5)CC4)cc3)cc2)c(OC(=O)N(C(C)C)C(C)C)c1Cl. The van der Waals surface area contributed by atoms with E-state index in [4.69, 9.17) is 16.3 Å². The van der Waals surface area contributed by atoms with Crippen LogP contribution in [0.2, 0.25) is 5.02 Å². The third-order valence-corrected chi connectivity index (χ3v) is 9.48. The second kappa shape index (κ2) is 15.8. The molecular weight excluding hydrogens is 667 g/mol. The Balaban J connectivity index is 1.25. The number of alkyl halides is 3. The zero-order chi connectivity index (χ0) is 36.2. The summed E-state index contributed by atoms with van der Waals surface area (Å²) in [6.07, 6.45) is -3.36. The molecule has 0 spiro atoms. The molecule has 2 heterocycles. The van der Waals surface area contributed by atoms with Gasteiger partial charge in [-0.3, -0.25) is 9.88 Å². The minimum Gasteiger partial charge on any atom is -0.408 e. The number of aromatic nitrogens is 1. The van der Waals surface area contributed by atoms with Crippen molar-refractivity contribution in [1.29, 1.82) is 0 Å². The van der Waals surface area contributed by atoms with Gasteiger partial charge < -0.3 is 19.5 Å². The minimum absolute atomic E-state index is 0.0905. The molecule has 1 fully saturated rings. The van der Waals surface area contributed by atoms with Crippen LogP contribution >= 0.6 is 11.6 Å². The zero-order valence-electron chi connectivity index (χ0n) is 28.9. The summed E-state index contributed by atoms with van der Waals surface area (Å²) in [6, 6.07) is 22.2. The first-order valence-corrected chi connectivity index (χ1v) is 17.2. The topological polar surface area (TPSA) is 75.1 Å². The fourth-order valence-corrected chi connectivity index (χ4v) is 6.81. The van der Waals surface area contributed by atoms with Crippen molar-refractivity contribution in [3.05, 3.63) is 100 Å². The third kappa shape index (κ3) is 8.96. The summed E-state index contributed by atoms with van der Waals surface area (Å²) < 4.78 is 47.4. The number of aliphatic hydroxyl groups is 1. The Kier molecular flexibility index (Phi) is 11.8. The smallest absolute Gasteiger partial charge is 0.408 e. The molecule has 50 heavy (non-hydrogen) atoms. The normalized spacial score (nSPS) is 14.3. The Morgan fingerprint density at radius 3 is 1.98 bits per heavy atom. The highest BCUT2D eigenvalue weighted by molar-refractivity contribution is 6.33. The number of pyridine rings is 1. The number of piperidine rings is 1. The summed E-state index contributed by atoms with van der Waals surface area (Å²) in [5.41, 5.74) is 6.26. The summed E-state index contributed by atoms with van der Waals surface area (Å²) in [4.78, 5) is 21.8. The lowest BCUT2D eigenvalue weighted by atomic mass is 9.89. The quantitative estimate of drug-likeness (QED) is 0.177. The van der Waals surface area contributed by atoms with E-state index < -0.39 is 12.5 Å². The lowest BCUT2D eigenvalue weighted by Crippen LogP contribution is -2.43. The van der Waals surface area contributed by atoms with Crippen molar-refractivity contribution < 1.29 is 32.5 Å². The Labute approximate surface area is 296 Å². The zero-order valence-corrected chi connectivity index (χ0v) is 29.7. The molecule has 0 atom stereocenters. The summed E-state index contributed by atoms with van der Waals surface area (Å²) in [7, 11) is 0. The monoisotopic (exact) mass is 709 g/mol. The number of halogens is 4. The number of ether oxygens (including phenoxy) is 2. The molecule has 0 radical (unpaired) electrons. The number of likely N-dealkylation sites (tertiary alicyclic amines) is 1. The van der Waals surface area contributed by atoms with Gasteiger partial charge in [0, 0.05) is 18.6 Å². The summed E-state index contributed by atoms with van der Waals surface area (Å²) in [5.74, 6) is 0.276. The van der Waals surface area contributed by atoms with Gasteiger partial charge in [-0.2, -0.15) is 0 Å². The van der Waals surface area contributed by atoms with Crippen LogP contribution in [0, 0.1) is 6.92 Å². The highest BCUT2D eigenvalue weighted by Crippen LogP contribution is 2.41. The number of aryl methyl sites for hydroxylation is 1. The number of carbonyl (C=O) groups excluding carboxylic acids is 1. The maximum Gasteiger partial charge on any atom is 0.573 e. The van der Waals surface area contributed by atoms with E-state index in [1.165, 1.54) is 17.7 Å². The molecule has 1 saturated heterocycles. The number of rotatable bonds is 10. The van der Waals surface area contributed by atoms with Crippen LogP contribution in [0.5, 0.6) is 11.5 Å². The molecule has 0 bridgehead atoms. The van der Waals surface area contributed by atoms with Crippen LogP contribution in [-0.4, -0.2) is 57.5 Å². The van der Waals surface area contributed by atoms with Gasteiger partial charge >= 0.3 is 12.5 Å². The van der Waals surface area contributed by atoms with Crippen molar-refractivity contribution in [2.45, 2.75) is 85.0 Å². The maximum atomic E-state index is 13.3. The van der Waals surface area contributed by atoms with Crippen LogP contribution in [0.15, 0.2) is 72.8 Å². The van der Waals surface area contributed by atoms with E-state index in [2.05, 4.69) is 38.9 Å². The van der Waals surface area contributed by atoms with Gasteiger partial charge in [-0.25, -0.2) is 4.79 Å². The Morgan fingerprint density at radius 2 is 1.46 bits per heavy atom. The lowest BCUT2D eigenvalue weighted by molar-refractivity contribution is -0.274. The second-order valence-electron chi connectivity index (χ2n) is 13.2. The van der Waals surface area contributed by atoms with E-state index in [0.717, 1.165) is 49.2 Å². The summed E-state index contributed by atoms with van der Waals surface area (Å²) >= 11 is 6.68. The van der Waals surface area contributed by atoms with Crippen LogP contribution in [0.3, 0.4) is 0 Å². The molecule has 1 amide bonds. The first-order chi connectivity index (χ1) is 23.7. The number of nitrogens with zero attached hydrogens (tertiary/aromatic N) is 3. The molecular formula is C39H43ClF3N3O4. The van der Waals surface area contributed by atoms with Crippen molar-refractivity contribution in [2.24, 2.45) is 0 Å². The number of benzene rings is 3. The molecule has 4 aromatic rings. The predicted molar refractivity (Wildman–Crippen MR) is 189 cm³/mol. The number of aliphatic hydroxyl groups excluding tert-OH is 1. The highest BCUT2D eigenvalue weighted by atomic mass is 35.5. The largest absolute Gasteiger partial charge is 0.573 e. The van der Waals surface area contributed by atoms with E-state index in [-0.39, 0.29) is 35.2 Å². The first kappa shape index (κ1) is 37.1. The van der Waals surface area contributed by atoms with Crippen molar-refractivity contribution in [3.63, 3.8) is 0 Å². The van der Waals surface area contributed by atoms with E-state index in [9.17, 15) is 23.1 Å². The molecule has 11 heteroatoms. The molecule has 1 aliphatic heterocycles. The van der Waals surface area contributed by atoms with Gasteiger partial charge in [0.15, 0.2) is 5.75 Å². The van der Waals surface area contributed by atoms with E-state index >= 15 is 0 Å². The molecule has 7 nitrogen and oxygen atoms in total. The molecule has 1 aromatic heterocycles. The predicted octanol–water partition coefficient (Wildman–Crippen LogP) is 9.77. The fraction of sp³-hybridized carbons (Fsp3) is 0.385. The van der Waals surface area contributed by atoms with Gasteiger partial charge in [0.25, 0.3) is 0 Å². The summed E-state index contributed by atoms with van der Waals surface area (Å²) in [6.45, 7) is 11.6. The number of hydrogen-bond donors (Lipinski definition) is 1. The average Bonchev–Trinajstić information content (AvgIpc) is 3.07. The first-order valence-electron chi connectivity index (χ1n) is 16.8. The standard InChI is InChI=1S/C39H43ClF3N3O4/c1-24(2)46(25(3)4)38(48)49-37-35(34(23-47)44-26(5)36(37)40)32-12-10-29(11-13-32)28-8-6-27(7-9-28)22-45-20-18-31(19-21-45)30-14-16-33(17-15-30)50-39(41,42)43/h6-17,24-25,31,47H,18-23H2,1-5H3. The maximum absolute atomic E-state index is 13.3. The number of hydrogen-bond acceptors (Lipinski definition) is 6. The molecule has 0 aliphatic carbocycles. The molecule has 1 aliphatic rings. The minimum atomic E-state index is -4.69. The van der Waals surface area contributed by atoms with Gasteiger partial charge in [-0.1, -0.05) is 72.3 Å². The van der Waals surface area contributed by atoms with Crippen LogP contribution in [0.1, 0.15) is 69.0 Å². The Hall–Kier alpha value is -4.12. The third-order valence-electron chi connectivity index (χ3n) is 9.04. The molecule has 1 N–H and O–H groups in total. The Morgan fingerprint density at radius 1 is 0.920 bits per heavy atom. The molecule has 5 rings (SSSR count). The molecule has 0 unspecified atom stereocenters. The van der Waals surface area contributed by atoms with Crippen LogP contribution in [-0.2, 0) is 13.2 Å². The fourth-order valence-electron chi connectivity index (χ4n) is 6.63. The van der Waals surface area contributed by atoms with Gasteiger partial charge in [-0.15, -0.1) is 13.2 Å². The van der Waals surface area contributed by atoms with Gasteiger partial charge in [0.1, 0.15) is 10.8 Å². The molecule has 266 valence electrons. The lowest BCUT2D eigenvalue weighted by Gasteiger charge is -2.32. The molecule has 0 saturated carbocycles. The van der Waals surface area contributed by atoms with E-state index in [1.54, 1.807) is 24.0 Å². The number of carbonyl (C=O) groups is 1. The number of amides is 1. The van der Waals surface area contributed by atoms with Crippen LogP contribution in [0.4, 0.5) is 18.0 Å². The van der Waals surface area contributed by atoms with E-state index in [1.807, 2.05) is 52.0 Å². The van der Waals surface area contributed by atoms with Crippen molar-refractivity contribution in [1.82, 2.24) is 14.8 Å². The van der Waals surface area contributed by atoms with Crippen molar-refractivity contribution in [3.8, 4) is 33.8 Å².